The van der Waals surface area contributed by atoms with Crippen LogP contribution in [-0.2, 0) is 11.3 Å². The first-order valence-corrected chi connectivity index (χ1v) is 5.24. The van der Waals surface area contributed by atoms with E-state index in [0.29, 0.717) is 6.54 Å². The molecular formula is C12H15N3O2. The second kappa shape index (κ2) is 7.25. The van der Waals surface area contributed by atoms with E-state index in [4.69, 9.17) is 10.00 Å². The van der Waals surface area contributed by atoms with Crippen LogP contribution in [0.3, 0.4) is 0 Å². The fraction of sp³-hybridized carbons (Fsp3) is 0.333. The molecule has 0 radical (unpaired) electrons. The van der Waals surface area contributed by atoms with Crippen LogP contribution >= 0.6 is 0 Å². The molecule has 0 saturated heterocycles. The third kappa shape index (κ3) is 4.53. The second-order valence-corrected chi connectivity index (χ2v) is 3.35. The minimum absolute atomic E-state index is 0.0369. The van der Waals surface area contributed by atoms with Gasteiger partial charge in [-0.3, -0.25) is 4.79 Å². The van der Waals surface area contributed by atoms with E-state index in [1.807, 2.05) is 30.3 Å². The monoisotopic (exact) mass is 233 g/mol. The largest absolute Gasteiger partial charge is 0.496 e. The van der Waals surface area contributed by atoms with Crippen molar-refractivity contribution in [1.82, 2.24) is 10.6 Å². The number of methoxy groups -OCH3 is 1. The van der Waals surface area contributed by atoms with Gasteiger partial charge < -0.3 is 15.4 Å². The third-order valence-electron chi connectivity index (χ3n) is 2.16. The summed E-state index contributed by atoms with van der Waals surface area (Å²) in [5.41, 5.74) is 0.989. The van der Waals surface area contributed by atoms with Crippen molar-refractivity contribution in [3.8, 4) is 11.8 Å². The number of nitrogens with one attached hydrogen (secondary N) is 2. The van der Waals surface area contributed by atoms with Crippen LogP contribution in [0.2, 0.25) is 0 Å². The lowest BCUT2D eigenvalue weighted by Crippen LogP contribution is -2.33. The van der Waals surface area contributed by atoms with E-state index in [1.54, 1.807) is 7.11 Å². The zero-order chi connectivity index (χ0) is 12.5. The molecule has 17 heavy (non-hydrogen) atoms. The van der Waals surface area contributed by atoms with Crippen molar-refractivity contribution in [3.05, 3.63) is 29.8 Å². The summed E-state index contributed by atoms with van der Waals surface area (Å²) >= 11 is 0. The number of para-hydroxylation sites is 1. The number of hydrogen-bond acceptors (Lipinski definition) is 4. The summed E-state index contributed by atoms with van der Waals surface area (Å²) in [4.78, 5) is 11.2. The summed E-state index contributed by atoms with van der Waals surface area (Å²) in [5.74, 6) is 0.596. The van der Waals surface area contributed by atoms with Crippen molar-refractivity contribution >= 4 is 5.91 Å². The Hall–Kier alpha value is -2.06. The van der Waals surface area contributed by atoms with Gasteiger partial charge in [0.05, 0.1) is 19.7 Å². The first-order valence-electron chi connectivity index (χ1n) is 5.24. The standard InChI is InChI=1S/C12H15N3O2/c1-17-11-5-3-2-4-10(11)8-14-9-12(16)15-7-6-13/h2-5,14H,7-9H2,1H3,(H,15,16). The highest BCUT2D eigenvalue weighted by Crippen LogP contribution is 2.16. The Labute approximate surface area is 100 Å². The van der Waals surface area contributed by atoms with Gasteiger partial charge in [-0.15, -0.1) is 0 Å². The molecule has 5 nitrogen and oxygen atoms in total. The van der Waals surface area contributed by atoms with Crippen LogP contribution in [0.15, 0.2) is 24.3 Å². The maximum atomic E-state index is 11.2. The highest BCUT2D eigenvalue weighted by atomic mass is 16.5. The first-order chi connectivity index (χ1) is 8.27. The van der Waals surface area contributed by atoms with Crippen molar-refractivity contribution < 1.29 is 9.53 Å². The zero-order valence-corrected chi connectivity index (χ0v) is 9.69. The van der Waals surface area contributed by atoms with E-state index in [9.17, 15) is 4.79 Å². The molecule has 1 rings (SSSR count). The second-order valence-electron chi connectivity index (χ2n) is 3.35. The Kier molecular flexibility index (Phi) is 5.55. The van der Waals surface area contributed by atoms with E-state index in [0.717, 1.165) is 11.3 Å². The average Bonchev–Trinajstić information content (AvgIpc) is 2.37. The maximum Gasteiger partial charge on any atom is 0.234 e. The first kappa shape index (κ1) is 13.0. The molecule has 0 unspecified atom stereocenters. The van der Waals surface area contributed by atoms with Gasteiger partial charge in [0, 0.05) is 12.1 Å². The molecule has 0 aliphatic heterocycles. The van der Waals surface area contributed by atoms with Crippen LogP contribution in [0.1, 0.15) is 5.56 Å². The molecule has 0 aliphatic carbocycles. The number of hydrogen-bond donors (Lipinski definition) is 2. The number of benzene rings is 1. The fourth-order valence-electron chi connectivity index (χ4n) is 1.36. The van der Waals surface area contributed by atoms with Crippen molar-refractivity contribution in [2.24, 2.45) is 0 Å². The van der Waals surface area contributed by atoms with E-state index < -0.39 is 0 Å². The molecule has 1 aromatic rings. The van der Waals surface area contributed by atoms with Crippen molar-refractivity contribution in [2.45, 2.75) is 6.54 Å². The van der Waals surface area contributed by atoms with Crippen LogP contribution in [0.4, 0.5) is 0 Å². The Morgan fingerprint density at radius 2 is 2.24 bits per heavy atom. The summed E-state index contributed by atoms with van der Waals surface area (Å²) in [5, 5.41) is 13.7. The van der Waals surface area contributed by atoms with E-state index in [2.05, 4.69) is 10.6 Å². The van der Waals surface area contributed by atoms with E-state index in [1.165, 1.54) is 0 Å². The average molecular weight is 233 g/mol. The fourth-order valence-corrected chi connectivity index (χ4v) is 1.36. The summed E-state index contributed by atoms with van der Waals surface area (Å²) in [6.07, 6.45) is 0. The van der Waals surface area contributed by atoms with Crippen molar-refractivity contribution in [2.75, 3.05) is 20.2 Å². The molecule has 90 valence electrons. The smallest absolute Gasteiger partial charge is 0.234 e. The van der Waals surface area contributed by atoms with Gasteiger partial charge in [0.15, 0.2) is 0 Å². The van der Waals surface area contributed by atoms with Crippen LogP contribution in [-0.4, -0.2) is 26.1 Å². The van der Waals surface area contributed by atoms with Gasteiger partial charge in [0.25, 0.3) is 0 Å². The molecule has 1 aromatic carbocycles. The van der Waals surface area contributed by atoms with Crippen molar-refractivity contribution in [1.29, 1.82) is 5.26 Å². The number of carbonyl (C=O) groups is 1. The lowest BCUT2D eigenvalue weighted by atomic mass is 10.2. The third-order valence-corrected chi connectivity index (χ3v) is 2.16. The lowest BCUT2D eigenvalue weighted by Gasteiger charge is -2.08. The molecule has 1 amide bonds. The lowest BCUT2D eigenvalue weighted by molar-refractivity contribution is -0.120. The number of rotatable bonds is 6. The Morgan fingerprint density at radius 3 is 2.94 bits per heavy atom. The predicted octanol–water partition coefficient (Wildman–Crippen LogP) is 0.425. The van der Waals surface area contributed by atoms with Gasteiger partial charge in [0.2, 0.25) is 5.91 Å². The maximum absolute atomic E-state index is 11.2. The Balaban J connectivity index is 2.36. The molecule has 0 atom stereocenters. The highest BCUT2D eigenvalue weighted by molar-refractivity contribution is 5.78. The summed E-state index contributed by atoms with van der Waals surface area (Å²) in [6.45, 7) is 0.763. The minimum atomic E-state index is -0.193. The topological polar surface area (TPSA) is 74.2 Å². The number of carbonyl (C=O) groups excluding carboxylic acids is 1. The molecular weight excluding hydrogens is 218 g/mol. The molecule has 0 aliphatic rings. The van der Waals surface area contributed by atoms with Crippen molar-refractivity contribution in [3.63, 3.8) is 0 Å². The van der Waals surface area contributed by atoms with Gasteiger partial charge in [-0.25, -0.2) is 0 Å². The van der Waals surface area contributed by atoms with Gasteiger partial charge in [-0.1, -0.05) is 18.2 Å². The molecule has 5 heteroatoms. The minimum Gasteiger partial charge on any atom is -0.496 e. The molecule has 0 bridgehead atoms. The quantitative estimate of drug-likeness (QED) is 0.698. The Bertz CT molecular complexity index is 412. The van der Waals surface area contributed by atoms with Gasteiger partial charge in [-0.05, 0) is 6.07 Å². The van der Waals surface area contributed by atoms with Gasteiger partial charge >= 0.3 is 0 Å². The predicted molar refractivity (Wildman–Crippen MR) is 63.3 cm³/mol. The van der Waals surface area contributed by atoms with Crippen LogP contribution in [0, 0.1) is 11.3 Å². The molecule has 2 N–H and O–H groups in total. The number of ether oxygens (including phenoxy) is 1. The molecule has 0 saturated carbocycles. The molecule has 0 spiro atoms. The number of amides is 1. The molecule has 0 heterocycles. The Morgan fingerprint density at radius 1 is 1.47 bits per heavy atom. The summed E-state index contributed by atoms with van der Waals surface area (Å²) < 4.78 is 5.18. The molecule has 0 aromatic heterocycles. The van der Waals surface area contributed by atoms with E-state index in [-0.39, 0.29) is 19.0 Å². The van der Waals surface area contributed by atoms with Crippen LogP contribution in [0.5, 0.6) is 5.75 Å². The van der Waals surface area contributed by atoms with Gasteiger partial charge in [-0.2, -0.15) is 5.26 Å². The summed E-state index contributed by atoms with van der Waals surface area (Å²) in [6, 6.07) is 9.45. The number of nitriles is 1. The number of nitrogens with zero attached hydrogens (tertiary/aromatic N) is 1. The van der Waals surface area contributed by atoms with Crippen LogP contribution in [0.25, 0.3) is 0 Å². The summed E-state index contributed by atoms with van der Waals surface area (Å²) in [7, 11) is 1.61. The molecule has 0 fully saturated rings. The normalized spacial score (nSPS) is 9.41. The van der Waals surface area contributed by atoms with E-state index >= 15 is 0 Å². The SMILES string of the molecule is COc1ccccc1CNCC(=O)NCC#N. The highest BCUT2D eigenvalue weighted by Gasteiger charge is 2.03. The van der Waals surface area contributed by atoms with Crippen LogP contribution < -0.4 is 15.4 Å². The van der Waals surface area contributed by atoms with Gasteiger partial charge in [0.1, 0.15) is 12.3 Å². The zero-order valence-electron chi connectivity index (χ0n) is 9.69.